The summed E-state index contributed by atoms with van der Waals surface area (Å²) in [6.07, 6.45) is 1.10. The lowest BCUT2D eigenvalue weighted by atomic mass is 11.2. The van der Waals surface area contributed by atoms with E-state index < -0.39 is 7.60 Å². The molecule has 0 aromatic carbocycles. The van der Waals surface area contributed by atoms with Gasteiger partial charge >= 0.3 is 7.60 Å². The molecule has 0 bridgehead atoms. The Hall–Kier alpha value is -0.270. The van der Waals surface area contributed by atoms with Crippen LogP contribution in [-0.4, -0.2) is 13.8 Å². The summed E-state index contributed by atoms with van der Waals surface area (Å²) >= 11 is 0. The molecular weight excluding hydrogens is 127 g/mol. The smallest absolute Gasteiger partial charge is 0.375 e. The fraction of sp³-hybridized carbons (Fsp3) is 0.500. The molecule has 1 atom stereocenters. The lowest BCUT2D eigenvalue weighted by Gasteiger charge is -2.06. The molecule has 0 aromatic heterocycles. The van der Waals surface area contributed by atoms with Crippen LogP contribution >= 0.6 is 7.60 Å². The van der Waals surface area contributed by atoms with Crippen molar-refractivity contribution >= 4 is 7.60 Å². The lowest BCUT2D eigenvalue weighted by Crippen LogP contribution is -1.81. The zero-order chi connectivity index (χ0) is 6.62. The van der Waals surface area contributed by atoms with Crippen molar-refractivity contribution in [2.45, 2.75) is 0 Å². The van der Waals surface area contributed by atoms with Gasteiger partial charge in [0.05, 0.1) is 6.26 Å². The second kappa shape index (κ2) is 2.90. The predicted octanol–water partition coefficient (Wildman–Crippen LogP) is 1.62. The topological polar surface area (TPSA) is 35.5 Å². The largest absolute Gasteiger partial charge is 0.433 e. The van der Waals surface area contributed by atoms with E-state index in [1.165, 1.54) is 13.8 Å². The lowest BCUT2D eigenvalue weighted by molar-refractivity contribution is 0.306. The Morgan fingerprint density at radius 1 is 1.75 bits per heavy atom. The third-order valence-corrected chi connectivity index (χ3v) is 1.79. The van der Waals surface area contributed by atoms with E-state index in [4.69, 9.17) is 0 Å². The maximum Gasteiger partial charge on any atom is 0.375 e. The van der Waals surface area contributed by atoms with E-state index in [-0.39, 0.29) is 0 Å². The number of hydrogen-bond donors (Lipinski definition) is 0. The molecule has 0 radical (unpaired) electrons. The van der Waals surface area contributed by atoms with Crippen molar-refractivity contribution < 1.29 is 13.6 Å². The van der Waals surface area contributed by atoms with Gasteiger partial charge in [-0.25, -0.2) is 4.57 Å². The Labute approximate surface area is 48.8 Å². The Bertz CT molecular complexity index is 120. The molecule has 0 aromatic rings. The van der Waals surface area contributed by atoms with Crippen molar-refractivity contribution in [1.29, 1.82) is 0 Å². The molecular formula is C4H9O3P. The van der Waals surface area contributed by atoms with Crippen molar-refractivity contribution in [2.24, 2.45) is 0 Å². The summed E-state index contributed by atoms with van der Waals surface area (Å²) in [6, 6.07) is 0. The highest BCUT2D eigenvalue weighted by Crippen LogP contribution is 2.42. The monoisotopic (exact) mass is 136 g/mol. The zero-order valence-corrected chi connectivity index (χ0v) is 5.85. The third kappa shape index (κ3) is 2.83. The van der Waals surface area contributed by atoms with Crippen molar-refractivity contribution in [1.82, 2.24) is 0 Å². The van der Waals surface area contributed by atoms with Crippen LogP contribution in [0, 0.1) is 0 Å². The summed E-state index contributed by atoms with van der Waals surface area (Å²) in [5, 5.41) is 0. The third-order valence-electron chi connectivity index (χ3n) is 0.598. The predicted molar refractivity (Wildman–Crippen MR) is 31.8 cm³/mol. The van der Waals surface area contributed by atoms with Gasteiger partial charge in [0.2, 0.25) is 0 Å². The van der Waals surface area contributed by atoms with E-state index in [0.29, 0.717) is 0 Å². The molecule has 0 fully saturated rings. The Morgan fingerprint density at radius 3 is 2.38 bits per heavy atom. The first-order chi connectivity index (χ1) is 3.62. The molecule has 0 heterocycles. The van der Waals surface area contributed by atoms with E-state index in [9.17, 15) is 4.57 Å². The molecule has 0 saturated heterocycles. The summed E-state index contributed by atoms with van der Waals surface area (Å²) in [7, 11) is -1.47. The van der Waals surface area contributed by atoms with E-state index in [2.05, 4.69) is 15.6 Å². The molecule has 0 N–H and O–H groups in total. The molecule has 0 rings (SSSR count). The molecule has 48 valence electrons. The number of rotatable bonds is 3. The van der Waals surface area contributed by atoms with Crippen LogP contribution < -0.4 is 0 Å². The first kappa shape index (κ1) is 7.73. The second-order valence-electron chi connectivity index (χ2n) is 1.23. The van der Waals surface area contributed by atoms with Gasteiger partial charge < -0.3 is 9.05 Å². The van der Waals surface area contributed by atoms with Crippen molar-refractivity contribution in [3.8, 4) is 0 Å². The first-order valence-electron chi connectivity index (χ1n) is 2.05. The van der Waals surface area contributed by atoms with E-state index in [1.807, 2.05) is 0 Å². The average Bonchev–Trinajstić information content (AvgIpc) is 1.67. The highest BCUT2D eigenvalue weighted by Gasteiger charge is 2.11. The molecule has 0 saturated carbocycles. The molecule has 0 aliphatic heterocycles. The molecule has 8 heavy (non-hydrogen) atoms. The van der Waals surface area contributed by atoms with Crippen LogP contribution in [-0.2, 0) is 13.6 Å². The molecule has 0 aliphatic carbocycles. The highest BCUT2D eigenvalue weighted by molar-refractivity contribution is 7.53. The van der Waals surface area contributed by atoms with Crippen LogP contribution in [0.15, 0.2) is 12.8 Å². The van der Waals surface area contributed by atoms with Crippen LogP contribution in [0.1, 0.15) is 0 Å². The van der Waals surface area contributed by atoms with Crippen LogP contribution in [0.3, 0.4) is 0 Å². The minimum Gasteiger partial charge on any atom is -0.433 e. The van der Waals surface area contributed by atoms with E-state index >= 15 is 0 Å². The van der Waals surface area contributed by atoms with Crippen LogP contribution in [0.5, 0.6) is 0 Å². The summed E-state index contributed by atoms with van der Waals surface area (Å²) in [6.45, 7) is 4.59. The Balaban J connectivity index is 3.72. The zero-order valence-electron chi connectivity index (χ0n) is 4.96. The molecule has 0 spiro atoms. The molecule has 4 heteroatoms. The summed E-state index contributed by atoms with van der Waals surface area (Å²) in [5.41, 5.74) is 0. The minimum atomic E-state index is -2.79. The molecule has 3 nitrogen and oxygen atoms in total. The van der Waals surface area contributed by atoms with Gasteiger partial charge in [-0.1, -0.05) is 6.58 Å². The quantitative estimate of drug-likeness (QED) is 0.436. The van der Waals surface area contributed by atoms with Gasteiger partial charge in [0, 0.05) is 13.8 Å². The first-order valence-corrected chi connectivity index (χ1v) is 4.04. The van der Waals surface area contributed by atoms with Gasteiger partial charge in [0.15, 0.2) is 0 Å². The van der Waals surface area contributed by atoms with Crippen LogP contribution in [0.25, 0.3) is 0 Å². The fourth-order valence-corrected chi connectivity index (χ4v) is 0.535. The molecule has 0 amide bonds. The van der Waals surface area contributed by atoms with Crippen molar-refractivity contribution in [3.05, 3.63) is 12.8 Å². The van der Waals surface area contributed by atoms with Gasteiger partial charge in [0.25, 0.3) is 0 Å². The summed E-state index contributed by atoms with van der Waals surface area (Å²) in [4.78, 5) is 0. The Kier molecular flexibility index (Phi) is 2.80. The van der Waals surface area contributed by atoms with Crippen LogP contribution in [0.4, 0.5) is 0 Å². The second-order valence-corrected chi connectivity index (χ2v) is 3.34. The summed E-state index contributed by atoms with van der Waals surface area (Å²) in [5.74, 6) is 0. The average molecular weight is 136 g/mol. The maximum atomic E-state index is 10.7. The standard InChI is InChI=1S/C4H9O3P/c1-4-7-8(3,5)6-2/h4H,1H2,2-3H3. The number of hydrogen-bond acceptors (Lipinski definition) is 3. The van der Waals surface area contributed by atoms with Gasteiger partial charge in [-0.2, -0.15) is 0 Å². The van der Waals surface area contributed by atoms with Gasteiger partial charge in [-0.05, 0) is 0 Å². The van der Waals surface area contributed by atoms with E-state index in [1.54, 1.807) is 0 Å². The molecule has 0 aliphatic rings. The van der Waals surface area contributed by atoms with Gasteiger partial charge in [-0.15, -0.1) is 0 Å². The SMILES string of the molecule is C=COP(C)(=O)OC. The van der Waals surface area contributed by atoms with Crippen molar-refractivity contribution in [3.63, 3.8) is 0 Å². The normalized spacial score (nSPS) is 16.8. The van der Waals surface area contributed by atoms with Gasteiger partial charge in [0.1, 0.15) is 0 Å². The highest BCUT2D eigenvalue weighted by atomic mass is 31.2. The minimum absolute atomic E-state index is 1.10. The van der Waals surface area contributed by atoms with Crippen molar-refractivity contribution in [2.75, 3.05) is 13.8 Å². The van der Waals surface area contributed by atoms with Gasteiger partial charge in [-0.3, -0.25) is 0 Å². The fourth-order valence-electron chi connectivity index (χ4n) is 0.178. The van der Waals surface area contributed by atoms with Crippen LogP contribution in [0.2, 0.25) is 0 Å². The maximum absolute atomic E-state index is 10.7. The summed E-state index contributed by atoms with van der Waals surface area (Å²) < 4.78 is 19.6. The molecule has 1 unspecified atom stereocenters. The Morgan fingerprint density at radius 2 is 2.25 bits per heavy atom. The van der Waals surface area contributed by atoms with E-state index in [0.717, 1.165) is 6.26 Å².